The number of nitrogens with zero attached hydrogens (tertiary/aromatic N) is 2. The molecule has 2 atom stereocenters. The summed E-state index contributed by atoms with van der Waals surface area (Å²) >= 11 is 1.49. The molecule has 13 heavy (non-hydrogen) atoms. The van der Waals surface area contributed by atoms with Crippen molar-refractivity contribution in [1.82, 2.24) is 10.1 Å². The molecule has 0 N–H and O–H groups in total. The van der Waals surface area contributed by atoms with E-state index in [0.717, 1.165) is 13.0 Å². The molecule has 1 aliphatic rings. The van der Waals surface area contributed by atoms with Gasteiger partial charge in [0.1, 0.15) is 0 Å². The van der Waals surface area contributed by atoms with Gasteiger partial charge >= 0.3 is 0 Å². The van der Waals surface area contributed by atoms with Crippen molar-refractivity contribution in [3.05, 3.63) is 5.89 Å². The van der Waals surface area contributed by atoms with Crippen molar-refractivity contribution in [2.24, 2.45) is 0 Å². The molecule has 1 aliphatic heterocycles. The monoisotopic (exact) mass is 200 g/mol. The zero-order valence-electron chi connectivity index (χ0n) is 7.69. The Morgan fingerprint density at radius 3 is 2.92 bits per heavy atom. The molecule has 1 fully saturated rings. The molecular formula is C8H12N2O2S. The molecule has 1 aromatic heterocycles. The molecule has 0 spiro atoms. The van der Waals surface area contributed by atoms with Crippen LogP contribution in [0.4, 0.5) is 0 Å². The van der Waals surface area contributed by atoms with Gasteiger partial charge in [0.15, 0.2) is 0 Å². The van der Waals surface area contributed by atoms with E-state index in [0.29, 0.717) is 11.0 Å². The van der Waals surface area contributed by atoms with Crippen LogP contribution in [0.25, 0.3) is 0 Å². The first-order valence-electron chi connectivity index (χ1n) is 4.30. The molecule has 72 valence electrons. The minimum absolute atomic E-state index is 0.204. The molecule has 0 amide bonds. The molecule has 1 aromatic rings. The van der Waals surface area contributed by atoms with Crippen molar-refractivity contribution in [3.8, 4) is 0 Å². The summed E-state index contributed by atoms with van der Waals surface area (Å²) in [5.74, 6) is 1.00. The quantitative estimate of drug-likeness (QED) is 0.680. The molecule has 2 heterocycles. The van der Waals surface area contributed by atoms with Crippen molar-refractivity contribution < 1.29 is 9.26 Å². The first-order chi connectivity index (χ1) is 6.31. The zero-order valence-corrected chi connectivity index (χ0v) is 8.50. The van der Waals surface area contributed by atoms with E-state index in [1.165, 1.54) is 11.8 Å². The topological polar surface area (TPSA) is 48.2 Å². The second-order valence-electron chi connectivity index (χ2n) is 3.09. The summed E-state index contributed by atoms with van der Waals surface area (Å²) in [5.41, 5.74) is 0. The largest absolute Gasteiger partial charge is 0.378 e. The van der Waals surface area contributed by atoms with E-state index in [-0.39, 0.29) is 12.0 Å². The smallest absolute Gasteiger partial charge is 0.233 e. The average Bonchev–Trinajstić information content (AvgIpc) is 2.71. The van der Waals surface area contributed by atoms with E-state index in [2.05, 4.69) is 10.1 Å². The lowest BCUT2D eigenvalue weighted by atomic mass is 10.0. The molecule has 5 heteroatoms. The van der Waals surface area contributed by atoms with Crippen molar-refractivity contribution in [2.75, 3.05) is 12.9 Å². The average molecular weight is 200 g/mol. The molecule has 0 radical (unpaired) electrons. The van der Waals surface area contributed by atoms with Crippen LogP contribution in [0.1, 0.15) is 25.2 Å². The third kappa shape index (κ3) is 1.71. The Morgan fingerprint density at radius 2 is 2.38 bits per heavy atom. The third-order valence-corrected chi connectivity index (χ3v) is 2.83. The van der Waals surface area contributed by atoms with E-state index >= 15 is 0 Å². The summed E-state index contributed by atoms with van der Waals surface area (Å²) in [6, 6.07) is 0. The normalized spacial score (nSPS) is 28.2. The molecule has 4 nitrogen and oxygen atoms in total. The summed E-state index contributed by atoms with van der Waals surface area (Å²) in [7, 11) is 0. The van der Waals surface area contributed by atoms with Gasteiger partial charge in [0.05, 0.1) is 12.0 Å². The molecule has 0 bridgehead atoms. The van der Waals surface area contributed by atoms with E-state index in [1.54, 1.807) is 0 Å². The highest BCUT2D eigenvalue weighted by molar-refractivity contribution is 7.98. The summed E-state index contributed by atoms with van der Waals surface area (Å²) in [5, 5.41) is 4.54. The van der Waals surface area contributed by atoms with Gasteiger partial charge in [-0.3, -0.25) is 0 Å². The second kappa shape index (κ2) is 3.67. The lowest BCUT2D eigenvalue weighted by molar-refractivity contribution is 0.113. The highest BCUT2D eigenvalue weighted by Gasteiger charge is 2.30. The molecule has 2 unspecified atom stereocenters. The van der Waals surface area contributed by atoms with Crippen LogP contribution in [0.15, 0.2) is 9.68 Å². The van der Waals surface area contributed by atoms with Crippen LogP contribution >= 0.6 is 11.8 Å². The van der Waals surface area contributed by atoms with Crippen LogP contribution in [-0.2, 0) is 4.74 Å². The highest BCUT2D eigenvalue weighted by Crippen LogP contribution is 2.30. The Morgan fingerprint density at radius 1 is 1.54 bits per heavy atom. The van der Waals surface area contributed by atoms with Gasteiger partial charge in [-0.1, -0.05) is 16.9 Å². The van der Waals surface area contributed by atoms with Gasteiger partial charge in [-0.25, -0.2) is 0 Å². The molecule has 0 aromatic carbocycles. The van der Waals surface area contributed by atoms with Gasteiger partial charge in [-0.2, -0.15) is 4.98 Å². The summed E-state index contributed by atoms with van der Waals surface area (Å²) in [4.78, 5) is 4.27. The summed E-state index contributed by atoms with van der Waals surface area (Å²) in [6.45, 7) is 2.84. The predicted octanol–water partition coefficient (Wildman–Crippen LogP) is 1.68. The van der Waals surface area contributed by atoms with Crippen molar-refractivity contribution in [3.63, 3.8) is 0 Å². The first-order valence-corrected chi connectivity index (χ1v) is 5.53. The maximum Gasteiger partial charge on any atom is 0.233 e. The van der Waals surface area contributed by atoms with E-state index in [9.17, 15) is 0 Å². The van der Waals surface area contributed by atoms with E-state index in [4.69, 9.17) is 9.26 Å². The maximum absolute atomic E-state index is 5.43. The zero-order chi connectivity index (χ0) is 9.26. The number of rotatable bonds is 2. The number of hydrogen-bond acceptors (Lipinski definition) is 5. The fourth-order valence-electron chi connectivity index (χ4n) is 1.51. The minimum Gasteiger partial charge on any atom is -0.378 e. The van der Waals surface area contributed by atoms with E-state index in [1.807, 2.05) is 13.2 Å². The second-order valence-corrected chi connectivity index (χ2v) is 3.86. The lowest BCUT2D eigenvalue weighted by Gasteiger charge is -2.07. The summed E-state index contributed by atoms with van der Waals surface area (Å²) < 4.78 is 10.6. The number of aromatic nitrogens is 2. The highest BCUT2D eigenvalue weighted by atomic mass is 32.2. The van der Waals surface area contributed by atoms with Gasteiger partial charge in [-0.05, 0) is 19.6 Å². The molecule has 0 aliphatic carbocycles. The number of hydrogen-bond donors (Lipinski definition) is 0. The van der Waals surface area contributed by atoms with Crippen LogP contribution in [0.2, 0.25) is 0 Å². The fraction of sp³-hybridized carbons (Fsp3) is 0.750. The van der Waals surface area contributed by atoms with Crippen LogP contribution in [-0.4, -0.2) is 29.1 Å². The van der Waals surface area contributed by atoms with Crippen molar-refractivity contribution in [2.45, 2.75) is 30.5 Å². The van der Waals surface area contributed by atoms with Crippen molar-refractivity contribution in [1.29, 1.82) is 0 Å². The molecule has 1 saturated heterocycles. The molecule has 2 rings (SSSR count). The fourth-order valence-corrected chi connectivity index (χ4v) is 1.80. The number of thioether (sulfide) groups is 1. The molecule has 0 saturated carbocycles. The Balaban J connectivity index is 2.15. The van der Waals surface area contributed by atoms with Gasteiger partial charge in [0, 0.05) is 6.61 Å². The number of ether oxygens (including phenoxy) is 1. The summed E-state index contributed by atoms with van der Waals surface area (Å²) in [6.07, 6.45) is 3.12. The minimum atomic E-state index is 0.204. The lowest BCUT2D eigenvalue weighted by Crippen LogP contribution is -2.09. The Labute approximate surface area is 81.0 Å². The maximum atomic E-state index is 5.43. The van der Waals surface area contributed by atoms with Crippen molar-refractivity contribution >= 4 is 11.8 Å². The van der Waals surface area contributed by atoms with Gasteiger partial charge in [0.2, 0.25) is 11.0 Å². The van der Waals surface area contributed by atoms with Gasteiger partial charge in [0.25, 0.3) is 0 Å². The first kappa shape index (κ1) is 9.02. The SMILES string of the molecule is CSc1noc(C2CCOC2C)n1. The third-order valence-electron chi connectivity index (χ3n) is 2.30. The van der Waals surface area contributed by atoms with E-state index < -0.39 is 0 Å². The Kier molecular flexibility index (Phi) is 2.55. The van der Waals surface area contributed by atoms with Crippen LogP contribution in [0.3, 0.4) is 0 Å². The molecular weight excluding hydrogens is 188 g/mol. The predicted molar refractivity (Wildman–Crippen MR) is 48.9 cm³/mol. The van der Waals surface area contributed by atoms with Crippen LogP contribution in [0, 0.1) is 0 Å². The van der Waals surface area contributed by atoms with Crippen LogP contribution < -0.4 is 0 Å². The van der Waals surface area contributed by atoms with Crippen LogP contribution in [0.5, 0.6) is 0 Å². The van der Waals surface area contributed by atoms with Gasteiger partial charge in [-0.15, -0.1) is 0 Å². The van der Waals surface area contributed by atoms with Gasteiger partial charge < -0.3 is 9.26 Å². The Hall–Kier alpha value is -0.550. The Bertz CT molecular complexity index is 289. The standard InChI is InChI=1S/C8H12N2O2S/c1-5-6(3-4-11-5)7-9-8(13-2)10-12-7/h5-6H,3-4H2,1-2H3.